The predicted octanol–water partition coefficient (Wildman–Crippen LogP) is 3.04. The summed E-state index contributed by atoms with van der Waals surface area (Å²) in [7, 11) is 0. The minimum absolute atomic E-state index is 0.143. The van der Waals surface area contributed by atoms with Crippen LogP contribution in [0.3, 0.4) is 0 Å². The van der Waals surface area contributed by atoms with Crippen molar-refractivity contribution in [3.8, 4) is 0 Å². The standard InChI is InChI=1S/C19H24N2O4S/c1-3-4-12-25-14(2)17(22)20-10-11-21-18(23)16(26-19(21)24)13-15-8-6-5-7-9-15/h5-9,13-14H,3-4,10-12H2,1-2H3,(H,20,22)/b16-13+. The Bertz CT molecular complexity index is 675. The lowest BCUT2D eigenvalue weighted by Gasteiger charge is -2.16. The van der Waals surface area contributed by atoms with Crippen molar-refractivity contribution in [2.45, 2.75) is 32.8 Å². The topological polar surface area (TPSA) is 75.7 Å². The largest absolute Gasteiger partial charge is 0.369 e. The number of unbranched alkanes of at least 4 members (excludes halogenated alkanes) is 1. The SMILES string of the molecule is CCCCOC(C)C(=O)NCCN1C(=O)S/C(=C/c2ccccc2)C1=O. The van der Waals surface area contributed by atoms with Crippen LogP contribution in [-0.2, 0) is 14.3 Å². The van der Waals surface area contributed by atoms with Crippen molar-refractivity contribution < 1.29 is 19.1 Å². The van der Waals surface area contributed by atoms with Crippen LogP contribution < -0.4 is 5.32 Å². The van der Waals surface area contributed by atoms with E-state index in [1.54, 1.807) is 13.0 Å². The molecule has 1 aromatic rings. The van der Waals surface area contributed by atoms with Gasteiger partial charge in [0.2, 0.25) is 5.91 Å². The summed E-state index contributed by atoms with van der Waals surface area (Å²) >= 11 is 0.916. The van der Waals surface area contributed by atoms with Crippen molar-refractivity contribution in [1.29, 1.82) is 0 Å². The van der Waals surface area contributed by atoms with E-state index in [1.165, 1.54) is 0 Å². The number of benzene rings is 1. The molecule has 26 heavy (non-hydrogen) atoms. The zero-order valence-electron chi connectivity index (χ0n) is 15.1. The molecule has 2 rings (SSSR count). The van der Waals surface area contributed by atoms with Gasteiger partial charge in [0.25, 0.3) is 11.1 Å². The van der Waals surface area contributed by atoms with Crippen molar-refractivity contribution in [1.82, 2.24) is 10.2 Å². The van der Waals surface area contributed by atoms with Crippen LogP contribution in [0, 0.1) is 0 Å². The maximum atomic E-state index is 12.4. The molecule has 1 atom stereocenters. The maximum Gasteiger partial charge on any atom is 0.293 e. The summed E-state index contributed by atoms with van der Waals surface area (Å²) in [5.41, 5.74) is 0.865. The quantitative estimate of drug-likeness (QED) is 0.530. The summed E-state index contributed by atoms with van der Waals surface area (Å²) in [5, 5.41) is 2.38. The van der Waals surface area contributed by atoms with Gasteiger partial charge >= 0.3 is 0 Å². The minimum atomic E-state index is -0.547. The highest BCUT2D eigenvalue weighted by molar-refractivity contribution is 8.18. The summed E-state index contributed by atoms with van der Waals surface area (Å²) in [6.45, 7) is 4.63. The molecule has 0 saturated carbocycles. The third-order valence-corrected chi connectivity index (χ3v) is 4.75. The van der Waals surface area contributed by atoms with E-state index in [9.17, 15) is 14.4 Å². The van der Waals surface area contributed by atoms with Crippen LogP contribution in [0.5, 0.6) is 0 Å². The highest BCUT2D eigenvalue weighted by Gasteiger charge is 2.34. The lowest BCUT2D eigenvalue weighted by molar-refractivity contribution is -0.132. The van der Waals surface area contributed by atoms with E-state index in [0.29, 0.717) is 11.5 Å². The van der Waals surface area contributed by atoms with Gasteiger partial charge < -0.3 is 10.1 Å². The van der Waals surface area contributed by atoms with Gasteiger partial charge in [-0.05, 0) is 36.7 Å². The third-order valence-electron chi connectivity index (χ3n) is 3.84. The fourth-order valence-corrected chi connectivity index (χ4v) is 3.17. The summed E-state index contributed by atoms with van der Waals surface area (Å²) < 4.78 is 5.42. The molecule has 1 saturated heterocycles. The monoisotopic (exact) mass is 376 g/mol. The van der Waals surface area contributed by atoms with Gasteiger partial charge in [0, 0.05) is 19.7 Å². The second-order valence-electron chi connectivity index (χ2n) is 5.90. The number of imide groups is 1. The number of hydrogen-bond acceptors (Lipinski definition) is 5. The number of ether oxygens (including phenoxy) is 1. The van der Waals surface area contributed by atoms with Gasteiger partial charge in [-0.2, -0.15) is 0 Å². The molecule has 1 unspecified atom stereocenters. The van der Waals surface area contributed by atoms with Crippen LogP contribution in [0.25, 0.3) is 6.08 Å². The summed E-state index contributed by atoms with van der Waals surface area (Å²) in [6, 6.07) is 9.37. The molecular formula is C19H24N2O4S. The Morgan fingerprint density at radius 1 is 1.31 bits per heavy atom. The lowest BCUT2D eigenvalue weighted by atomic mass is 10.2. The molecule has 7 heteroatoms. The molecule has 1 N–H and O–H groups in total. The molecule has 0 aromatic heterocycles. The average molecular weight is 376 g/mol. The Labute approximate surface area is 158 Å². The first kappa shape index (κ1) is 20.2. The van der Waals surface area contributed by atoms with Gasteiger partial charge in [0.05, 0.1) is 4.91 Å². The molecule has 1 aliphatic rings. The molecule has 1 aliphatic heterocycles. The van der Waals surface area contributed by atoms with E-state index in [2.05, 4.69) is 12.2 Å². The van der Waals surface area contributed by atoms with Crippen molar-refractivity contribution in [3.63, 3.8) is 0 Å². The molecule has 1 aromatic carbocycles. The number of hydrogen-bond donors (Lipinski definition) is 1. The van der Waals surface area contributed by atoms with Crippen molar-refractivity contribution in [2.75, 3.05) is 19.7 Å². The number of thioether (sulfide) groups is 1. The summed E-state index contributed by atoms with van der Waals surface area (Å²) in [4.78, 5) is 37.9. The van der Waals surface area contributed by atoms with E-state index < -0.39 is 6.10 Å². The van der Waals surface area contributed by atoms with Crippen molar-refractivity contribution in [2.24, 2.45) is 0 Å². The van der Waals surface area contributed by atoms with E-state index in [4.69, 9.17) is 4.74 Å². The Hall–Kier alpha value is -2.12. The molecule has 140 valence electrons. The van der Waals surface area contributed by atoms with Gasteiger partial charge in [-0.1, -0.05) is 43.7 Å². The smallest absolute Gasteiger partial charge is 0.293 e. The molecule has 1 fully saturated rings. The highest BCUT2D eigenvalue weighted by Crippen LogP contribution is 2.31. The van der Waals surface area contributed by atoms with E-state index in [-0.39, 0.29) is 30.1 Å². The molecular weight excluding hydrogens is 352 g/mol. The van der Waals surface area contributed by atoms with E-state index in [0.717, 1.165) is 35.1 Å². The first-order chi connectivity index (χ1) is 12.5. The number of carbonyl (C=O) groups is 3. The van der Waals surface area contributed by atoms with Crippen molar-refractivity contribution in [3.05, 3.63) is 40.8 Å². The average Bonchev–Trinajstić information content (AvgIpc) is 2.90. The highest BCUT2D eigenvalue weighted by atomic mass is 32.2. The second kappa shape index (κ2) is 10.1. The van der Waals surface area contributed by atoms with Crippen LogP contribution in [0.1, 0.15) is 32.3 Å². The fraction of sp³-hybridized carbons (Fsp3) is 0.421. The molecule has 0 spiro atoms. The molecule has 0 aliphatic carbocycles. The van der Waals surface area contributed by atoms with Gasteiger partial charge in [-0.25, -0.2) is 0 Å². The Balaban J connectivity index is 1.83. The number of nitrogens with zero attached hydrogens (tertiary/aromatic N) is 1. The van der Waals surface area contributed by atoms with Crippen LogP contribution in [0.4, 0.5) is 4.79 Å². The Morgan fingerprint density at radius 2 is 2.04 bits per heavy atom. The summed E-state index contributed by atoms with van der Waals surface area (Å²) in [6.07, 6.45) is 3.06. The Morgan fingerprint density at radius 3 is 2.73 bits per heavy atom. The number of carbonyl (C=O) groups excluding carboxylic acids is 3. The molecule has 0 bridgehead atoms. The van der Waals surface area contributed by atoms with Gasteiger partial charge in [0.15, 0.2) is 0 Å². The first-order valence-corrected chi connectivity index (χ1v) is 9.54. The number of amides is 3. The third kappa shape index (κ3) is 5.71. The van der Waals surface area contributed by atoms with Gasteiger partial charge in [0.1, 0.15) is 6.10 Å². The maximum absolute atomic E-state index is 12.4. The predicted molar refractivity (Wildman–Crippen MR) is 102 cm³/mol. The zero-order valence-corrected chi connectivity index (χ0v) is 15.9. The summed E-state index contributed by atoms with van der Waals surface area (Å²) in [5.74, 6) is -0.571. The van der Waals surface area contributed by atoms with Gasteiger partial charge in [-0.3, -0.25) is 19.3 Å². The van der Waals surface area contributed by atoms with Crippen molar-refractivity contribution >= 4 is 34.9 Å². The van der Waals surface area contributed by atoms with Crippen LogP contribution in [0.15, 0.2) is 35.2 Å². The first-order valence-electron chi connectivity index (χ1n) is 8.72. The molecule has 1 heterocycles. The fourth-order valence-electron chi connectivity index (χ4n) is 2.31. The van der Waals surface area contributed by atoms with Crippen LogP contribution in [-0.4, -0.2) is 47.8 Å². The number of rotatable bonds is 9. The second-order valence-corrected chi connectivity index (χ2v) is 6.89. The molecule has 3 amide bonds. The van der Waals surface area contributed by atoms with Crippen LogP contribution >= 0.6 is 11.8 Å². The molecule has 6 nitrogen and oxygen atoms in total. The normalized spacial score (nSPS) is 17.0. The zero-order chi connectivity index (χ0) is 18.9. The lowest BCUT2D eigenvalue weighted by Crippen LogP contribution is -2.41. The van der Waals surface area contributed by atoms with E-state index in [1.807, 2.05) is 30.3 Å². The van der Waals surface area contributed by atoms with Crippen LogP contribution in [0.2, 0.25) is 0 Å². The van der Waals surface area contributed by atoms with Gasteiger partial charge in [-0.15, -0.1) is 0 Å². The van der Waals surface area contributed by atoms with E-state index >= 15 is 0 Å². The Kier molecular flexibility index (Phi) is 7.87. The molecule has 0 radical (unpaired) electrons. The minimum Gasteiger partial charge on any atom is -0.369 e. The number of nitrogens with one attached hydrogen (secondary N) is 1.